The molecular formula is C14H18FNO3. The summed E-state index contributed by atoms with van der Waals surface area (Å²) < 4.78 is 18.6. The Morgan fingerprint density at radius 3 is 2.89 bits per heavy atom. The van der Waals surface area contributed by atoms with Crippen LogP contribution < -0.4 is 0 Å². The fraction of sp³-hybridized carbons (Fsp3) is 0.500. The predicted molar refractivity (Wildman–Crippen MR) is 68.5 cm³/mol. The summed E-state index contributed by atoms with van der Waals surface area (Å²) in [6.45, 7) is 4.29. The van der Waals surface area contributed by atoms with Crippen molar-refractivity contribution in [2.45, 2.75) is 26.1 Å². The Bertz CT molecular complexity index is 478. The predicted octanol–water partition coefficient (Wildman–Crippen LogP) is 1.36. The Morgan fingerprint density at radius 2 is 2.26 bits per heavy atom. The zero-order valence-electron chi connectivity index (χ0n) is 11.1. The molecule has 0 aromatic heterocycles. The van der Waals surface area contributed by atoms with Crippen LogP contribution in [0.5, 0.6) is 0 Å². The molecule has 1 saturated heterocycles. The molecule has 1 amide bonds. The molecule has 1 aliphatic rings. The van der Waals surface area contributed by atoms with Crippen molar-refractivity contribution in [3.8, 4) is 0 Å². The fourth-order valence-electron chi connectivity index (χ4n) is 2.35. The Kier molecular flexibility index (Phi) is 4.17. The van der Waals surface area contributed by atoms with Crippen LogP contribution in [0.15, 0.2) is 18.2 Å². The van der Waals surface area contributed by atoms with Crippen molar-refractivity contribution in [2.24, 2.45) is 0 Å². The maximum Gasteiger partial charge on any atom is 0.254 e. The number of carbonyl (C=O) groups excluding carboxylic acids is 1. The first kappa shape index (κ1) is 14.0. The molecule has 2 atom stereocenters. The molecule has 1 aromatic carbocycles. The number of aryl methyl sites for hydroxylation is 1. The van der Waals surface area contributed by atoms with Crippen LogP contribution in [0.25, 0.3) is 0 Å². The van der Waals surface area contributed by atoms with Gasteiger partial charge < -0.3 is 14.7 Å². The summed E-state index contributed by atoms with van der Waals surface area (Å²) in [6.07, 6.45) is -0.468. The van der Waals surface area contributed by atoms with Crippen LogP contribution in [-0.4, -0.2) is 47.8 Å². The summed E-state index contributed by atoms with van der Waals surface area (Å²) in [5, 5.41) is 9.16. The van der Waals surface area contributed by atoms with Crippen molar-refractivity contribution in [2.75, 3.05) is 19.7 Å². The van der Waals surface area contributed by atoms with E-state index in [-0.39, 0.29) is 30.5 Å². The lowest BCUT2D eigenvalue weighted by Gasteiger charge is -2.36. The summed E-state index contributed by atoms with van der Waals surface area (Å²) >= 11 is 0. The van der Waals surface area contributed by atoms with Gasteiger partial charge in [0.2, 0.25) is 0 Å². The number of ether oxygens (including phenoxy) is 1. The van der Waals surface area contributed by atoms with Gasteiger partial charge in [-0.3, -0.25) is 4.79 Å². The van der Waals surface area contributed by atoms with Gasteiger partial charge in [-0.05, 0) is 37.6 Å². The van der Waals surface area contributed by atoms with Crippen LogP contribution in [0.3, 0.4) is 0 Å². The lowest BCUT2D eigenvalue weighted by atomic mass is 10.1. The summed E-state index contributed by atoms with van der Waals surface area (Å²) in [4.78, 5) is 14.1. The highest BCUT2D eigenvalue weighted by Crippen LogP contribution is 2.17. The number of benzene rings is 1. The average molecular weight is 267 g/mol. The highest BCUT2D eigenvalue weighted by molar-refractivity contribution is 5.95. The number of aliphatic hydroxyl groups excluding tert-OH is 1. The molecule has 0 radical (unpaired) electrons. The zero-order chi connectivity index (χ0) is 14.0. The summed E-state index contributed by atoms with van der Waals surface area (Å²) in [5.41, 5.74) is 1.11. The summed E-state index contributed by atoms with van der Waals surface area (Å²) in [6, 6.07) is 4.13. The number of halogens is 1. The van der Waals surface area contributed by atoms with Crippen LogP contribution in [0, 0.1) is 12.7 Å². The van der Waals surface area contributed by atoms with Gasteiger partial charge in [0, 0.05) is 18.7 Å². The van der Waals surface area contributed by atoms with Crippen molar-refractivity contribution in [1.29, 1.82) is 0 Å². The molecule has 1 heterocycles. The lowest BCUT2D eigenvalue weighted by molar-refractivity contribution is -0.0858. The third-order valence-electron chi connectivity index (χ3n) is 3.24. The molecule has 1 aliphatic heterocycles. The van der Waals surface area contributed by atoms with E-state index in [0.717, 1.165) is 0 Å². The minimum absolute atomic E-state index is 0.115. The number of rotatable bonds is 2. The number of amides is 1. The second-order valence-electron chi connectivity index (χ2n) is 4.92. The first-order chi connectivity index (χ1) is 9.01. The molecule has 0 spiro atoms. The Balaban J connectivity index is 2.18. The summed E-state index contributed by atoms with van der Waals surface area (Å²) in [5.74, 6) is -0.497. The summed E-state index contributed by atoms with van der Waals surface area (Å²) in [7, 11) is 0. The second-order valence-corrected chi connectivity index (χ2v) is 4.92. The topological polar surface area (TPSA) is 49.8 Å². The number of carbonyl (C=O) groups is 1. The van der Waals surface area contributed by atoms with Crippen LogP contribution in [0.2, 0.25) is 0 Å². The molecule has 0 bridgehead atoms. The highest BCUT2D eigenvalue weighted by Gasteiger charge is 2.29. The Labute approximate surface area is 111 Å². The van der Waals surface area contributed by atoms with E-state index in [0.29, 0.717) is 24.2 Å². The van der Waals surface area contributed by atoms with Crippen molar-refractivity contribution < 1.29 is 19.0 Å². The molecule has 1 aromatic rings. The maximum atomic E-state index is 13.1. The van der Waals surface area contributed by atoms with Gasteiger partial charge in [0.25, 0.3) is 5.91 Å². The number of nitrogens with zero attached hydrogens (tertiary/aromatic N) is 1. The van der Waals surface area contributed by atoms with Crippen LogP contribution in [0.1, 0.15) is 22.8 Å². The number of hydrogen-bond acceptors (Lipinski definition) is 3. The van der Waals surface area contributed by atoms with Crippen molar-refractivity contribution >= 4 is 5.91 Å². The minimum Gasteiger partial charge on any atom is -0.394 e. The van der Waals surface area contributed by atoms with Gasteiger partial charge in [-0.1, -0.05) is 0 Å². The maximum absolute atomic E-state index is 13.1. The third-order valence-corrected chi connectivity index (χ3v) is 3.24. The molecule has 0 saturated carbocycles. The minimum atomic E-state index is -0.353. The lowest BCUT2D eigenvalue weighted by Crippen LogP contribution is -2.50. The van der Waals surface area contributed by atoms with E-state index in [4.69, 9.17) is 9.84 Å². The highest BCUT2D eigenvalue weighted by atomic mass is 19.1. The monoisotopic (exact) mass is 267 g/mol. The molecule has 1 fully saturated rings. The number of hydrogen-bond donors (Lipinski definition) is 1. The van der Waals surface area contributed by atoms with E-state index in [1.807, 2.05) is 6.92 Å². The molecule has 4 nitrogen and oxygen atoms in total. The Morgan fingerprint density at radius 1 is 1.53 bits per heavy atom. The van der Waals surface area contributed by atoms with E-state index in [9.17, 15) is 9.18 Å². The Hall–Kier alpha value is -1.46. The van der Waals surface area contributed by atoms with Gasteiger partial charge in [0.05, 0.1) is 18.8 Å². The fourth-order valence-corrected chi connectivity index (χ4v) is 2.35. The van der Waals surface area contributed by atoms with Crippen LogP contribution in [-0.2, 0) is 4.74 Å². The first-order valence-corrected chi connectivity index (χ1v) is 6.33. The van der Waals surface area contributed by atoms with E-state index in [2.05, 4.69) is 0 Å². The largest absolute Gasteiger partial charge is 0.394 e. The molecule has 5 heteroatoms. The van der Waals surface area contributed by atoms with E-state index >= 15 is 0 Å². The van der Waals surface area contributed by atoms with Gasteiger partial charge in [-0.25, -0.2) is 4.39 Å². The number of morpholine rings is 1. The van der Waals surface area contributed by atoms with E-state index in [1.54, 1.807) is 11.8 Å². The first-order valence-electron chi connectivity index (χ1n) is 6.33. The van der Waals surface area contributed by atoms with Crippen LogP contribution in [0.4, 0.5) is 4.39 Å². The van der Waals surface area contributed by atoms with Gasteiger partial charge >= 0.3 is 0 Å². The molecule has 104 valence electrons. The third kappa shape index (κ3) is 3.11. The van der Waals surface area contributed by atoms with E-state index < -0.39 is 0 Å². The van der Waals surface area contributed by atoms with Crippen LogP contribution >= 0.6 is 0 Å². The number of aliphatic hydroxyl groups is 1. The van der Waals surface area contributed by atoms with Gasteiger partial charge in [0.15, 0.2) is 0 Å². The van der Waals surface area contributed by atoms with Gasteiger partial charge in [-0.2, -0.15) is 0 Å². The molecule has 2 unspecified atom stereocenters. The quantitative estimate of drug-likeness (QED) is 0.880. The zero-order valence-corrected chi connectivity index (χ0v) is 11.1. The van der Waals surface area contributed by atoms with E-state index in [1.165, 1.54) is 18.2 Å². The van der Waals surface area contributed by atoms with Crippen molar-refractivity contribution in [3.05, 3.63) is 35.1 Å². The normalized spacial score (nSPS) is 23.5. The molecule has 0 aliphatic carbocycles. The molecule has 1 N–H and O–H groups in total. The van der Waals surface area contributed by atoms with Crippen molar-refractivity contribution in [3.63, 3.8) is 0 Å². The van der Waals surface area contributed by atoms with Gasteiger partial charge in [-0.15, -0.1) is 0 Å². The SMILES string of the molecule is Cc1cc(F)ccc1C(=O)N1CC(C)OC(CO)C1. The van der Waals surface area contributed by atoms with Crippen molar-refractivity contribution in [1.82, 2.24) is 4.90 Å². The van der Waals surface area contributed by atoms with Gasteiger partial charge in [0.1, 0.15) is 5.82 Å². The average Bonchev–Trinajstić information content (AvgIpc) is 2.37. The second kappa shape index (κ2) is 5.67. The molecule has 19 heavy (non-hydrogen) atoms. The smallest absolute Gasteiger partial charge is 0.254 e. The molecule has 2 rings (SSSR count). The standard InChI is InChI=1S/C14H18FNO3/c1-9-5-11(15)3-4-13(9)14(18)16-6-10(2)19-12(7-16)8-17/h3-5,10,12,17H,6-8H2,1-2H3. The molecular weight excluding hydrogens is 249 g/mol.